The molecule has 0 unspecified atom stereocenters. The summed E-state index contributed by atoms with van der Waals surface area (Å²) >= 11 is 0. The van der Waals surface area contributed by atoms with Gasteiger partial charge in [-0.1, -0.05) is 60.7 Å². The van der Waals surface area contributed by atoms with E-state index in [0.717, 1.165) is 11.1 Å². The van der Waals surface area contributed by atoms with Crippen molar-refractivity contribution in [1.29, 1.82) is 0 Å². The fraction of sp³-hybridized carbons (Fsp3) is 0.143. The van der Waals surface area contributed by atoms with Crippen molar-refractivity contribution in [3.8, 4) is 0 Å². The maximum atomic E-state index is 8.54. The number of rotatable bonds is 2. The van der Waals surface area contributed by atoms with Crippen LogP contribution in [0.4, 0.5) is 0 Å². The van der Waals surface area contributed by atoms with E-state index in [9.17, 15) is 0 Å². The van der Waals surface area contributed by atoms with Gasteiger partial charge >= 0.3 is 21.7 Å². The Hall–Kier alpha value is -0.346. The Balaban J connectivity index is -0.000000233. The molecule has 0 aliphatic heterocycles. The van der Waals surface area contributed by atoms with Crippen LogP contribution in [0.2, 0.25) is 0 Å². The van der Waals surface area contributed by atoms with Crippen LogP contribution in [0.25, 0.3) is 0 Å². The molecule has 0 heterocycles. The first-order valence-electron chi connectivity index (χ1n) is 5.16. The smallest absolute Gasteiger partial charge is 1.00 e. The van der Waals surface area contributed by atoms with Gasteiger partial charge < -0.3 is 35.0 Å². The maximum absolute atomic E-state index is 8.54. The largest absolute Gasteiger partial charge is 2.00 e. The molecule has 5 heteroatoms. The summed E-state index contributed by atoms with van der Waals surface area (Å²) in [6.07, 6.45) is 0. The molecular weight excluding hydrogens is 319 g/mol. The molecule has 0 saturated carbocycles. The molecule has 0 fully saturated rings. The predicted octanol–water partition coefficient (Wildman–Crippen LogP) is -3.64. The molecule has 102 valence electrons. The van der Waals surface area contributed by atoms with Crippen LogP contribution in [-0.4, -0.2) is 10.2 Å². The van der Waals surface area contributed by atoms with Gasteiger partial charge in [-0.2, -0.15) is 0 Å². The Morgan fingerprint density at radius 3 is 1.00 bits per heavy atom. The summed E-state index contributed by atoms with van der Waals surface area (Å²) in [4.78, 5) is 0. The molecule has 2 nitrogen and oxygen atoms in total. The van der Waals surface area contributed by atoms with Crippen molar-refractivity contribution in [2.24, 2.45) is 0 Å². The van der Waals surface area contributed by atoms with Gasteiger partial charge in [0.05, 0.1) is 13.2 Å². The topological polar surface area (TPSA) is 40.5 Å². The average molecular weight is 335 g/mol. The first kappa shape index (κ1) is 23.7. The van der Waals surface area contributed by atoms with E-state index < -0.39 is 0 Å². The van der Waals surface area contributed by atoms with Crippen LogP contribution in [-0.2, 0) is 34.9 Å². The molecule has 0 atom stereocenters. The molecule has 0 spiro atoms. The van der Waals surface area contributed by atoms with Crippen molar-refractivity contribution in [2.75, 3.05) is 0 Å². The van der Waals surface area contributed by atoms with Gasteiger partial charge in [-0.15, -0.1) is 0 Å². The zero-order valence-corrected chi connectivity index (χ0v) is 13.4. The van der Waals surface area contributed by atoms with Gasteiger partial charge in [-0.3, -0.25) is 0 Å². The van der Waals surface area contributed by atoms with E-state index in [2.05, 4.69) is 0 Å². The second-order valence-electron chi connectivity index (χ2n) is 3.29. The molecule has 0 radical (unpaired) electrons. The van der Waals surface area contributed by atoms with Gasteiger partial charge in [0.2, 0.25) is 0 Å². The molecule has 19 heavy (non-hydrogen) atoms. The third-order valence-electron chi connectivity index (χ3n) is 2.05. The Kier molecular flexibility index (Phi) is 19.6. The summed E-state index contributed by atoms with van der Waals surface area (Å²) in [5.74, 6) is 0. The van der Waals surface area contributed by atoms with Crippen molar-refractivity contribution in [3.63, 3.8) is 0 Å². The zero-order valence-electron chi connectivity index (χ0n) is 10.3. The van der Waals surface area contributed by atoms with Crippen molar-refractivity contribution in [1.82, 2.24) is 0 Å². The second-order valence-corrected chi connectivity index (χ2v) is 3.29. The second kappa shape index (κ2) is 15.7. The van der Waals surface area contributed by atoms with Crippen LogP contribution in [0.15, 0.2) is 60.7 Å². The van der Waals surface area contributed by atoms with Crippen molar-refractivity contribution in [3.05, 3.63) is 71.8 Å². The molecule has 0 aliphatic rings. The molecule has 2 rings (SSSR count). The summed E-state index contributed by atoms with van der Waals surface area (Å²) in [6, 6.07) is 19.0. The van der Waals surface area contributed by atoms with Crippen molar-refractivity contribution in [2.45, 2.75) is 13.2 Å². The molecule has 0 aromatic heterocycles. The zero-order chi connectivity index (χ0) is 11.6. The minimum absolute atomic E-state index is 0. The number of hydrogen-bond acceptors (Lipinski definition) is 2. The fourth-order valence-electron chi connectivity index (χ4n) is 1.17. The van der Waals surface area contributed by atoms with Gasteiger partial charge in [0.25, 0.3) is 0 Å². The SMILES string of the molecule is OCc1ccccc1.OCc1ccccc1.[Cl-].[Cl-].[Ti+2]. The quantitative estimate of drug-likeness (QED) is 0.556. The van der Waals surface area contributed by atoms with Gasteiger partial charge in [-0.25, -0.2) is 0 Å². The van der Waals surface area contributed by atoms with Gasteiger partial charge in [0.15, 0.2) is 0 Å². The van der Waals surface area contributed by atoms with Crippen LogP contribution in [0, 0.1) is 0 Å². The number of hydrogen-bond donors (Lipinski definition) is 2. The molecule has 2 aromatic carbocycles. The Morgan fingerprint density at radius 1 is 0.579 bits per heavy atom. The van der Waals surface area contributed by atoms with Crippen LogP contribution < -0.4 is 24.8 Å². The van der Waals surface area contributed by atoms with Crippen molar-refractivity contribution < 1.29 is 56.7 Å². The summed E-state index contributed by atoms with van der Waals surface area (Å²) in [5.41, 5.74) is 1.93. The standard InChI is InChI=1S/2C7H8O.2ClH.Ti/c2*8-6-7-4-2-1-3-5-7;;;/h2*1-5,8H,6H2;2*1H;/q;;;;+2/p-2. The van der Waals surface area contributed by atoms with Crippen LogP contribution >= 0.6 is 0 Å². The normalized spacial score (nSPS) is 7.68. The van der Waals surface area contributed by atoms with E-state index in [1.807, 2.05) is 60.7 Å². The summed E-state index contributed by atoms with van der Waals surface area (Å²) in [7, 11) is 0. The summed E-state index contributed by atoms with van der Waals surface area (Å²) in [5, 5.41) is 17.1. The number of halogens is 2. The van der Waals surface area contributed by atoms with Crippen LogP contribution in [0.1, 0.15) is 11.1 Å². The third kappa shape index (κ3) is 11.2. The third-order valence-corrected chi connectivity index (χ3v) is 2.05. The molecule has 0 bridgehead atoms. The van der Waals surface area contributed by atoms with Gasteiger partial charge in [-0.05, 0) is 11.1 Å². The fourth-order valence-corrected chi connectivity index (χ4v) is 1.17. The van der Waals surface area contributed by atoms with E-state index in [1.54, 1.807) is 0 Å². The molecule has 0 aliphatic carbocycles. The van der Waals surface area contributed by atoms with Crippen LogP contribution in [0.3, 0.4) is 0 Å². The summed E-state index contributed by atoms with van der Waals surface area (Å²) in [6.45, 7) is 0.279. The number of benzene rings is 2. The Morgan fingerprint density at radius 2 is 0.842 bits per heavy atom. The minimum Gasteiger partial charge on any atom is -1.00 e. The molecule has 0 saturated heterocycles. The van der Waals surface area contributed by atoms with E-state index in [0.29, 0.717) is 0 Å². The van der Waals surface area contributed by atoms with E-state index >= 15 is 0 Å². The minimum atomic E-state index is 0. The summed E-state index contributed by atoms with van der Waals surface area (Å²) < 4.78 is 0. The Labute approximate surface area is 141 Å². The first-order chi connectivity index (χ1) is 7.86. The van der Waals surface area contributed by atoms with Crippen LogP contribution in [0.5, 0.6) is 0 Å². The van der Waals surface area contributed by atoms with Gasteiger partial charge in [0.1, 0.15) is 0 Å². The monoisotopic (exact) mass is 334 g/mol. The van der Waals surface area contributed by atoms with E-state index in [-0.39, 0.29) is 59.7 Å². The maximum Gasteiger partial charge on any atom is 2.00 e. The number of aliphatic hydroxyl groups excluding tert-OH is 2. The molecule has 0 amide bonds. The van der Waals surface area contributed by atoms with E-state index in [4.69, 9.17) is 10.2 Å². The molecular formula is C14H16Cl2O2Ti. The Bertz CT molecular complexity index is 346. The van der Waals surface area contributed by atoms with Crippen molar-refractivity contribution >= 4 is 0 Å². The first-order valence-corrected chi connectivity index (χ1v) is 5.16. The number of aliphatic hydroxyl groups is 2. The molecule has 2 N–H and O–H groups in total. The predicted molar refractivity (Wildman–Crippen MR) is 64.7 cm³/mol. The van der Waals surface area contributed by atoms with Gasteiger partial charge in [0, 0.05) is 0 Å². The molecule has 2 aromatic rings. The average Bonchev–Trinajstić information content (AvgIpc) is 2.41. The van der Waals surface area contributed by atoms with E-state index in [1.165, 1.54) is 0 Å².